The molecule has 11 heteroatoms. The molecule has 0 saturated carbocycles. The predicted molar refractivity (Wildman–Crippen MR) is 130 cm³/mol. The van der Waals surface area contributed by atoms with E-state index >= 15 is 0 Å². The van der Waals surface area contributed by atoms with E-state index in [9.17, 15) is 21.6 Å². The Labute approximate surface area is 209 Å². The number of halogens is 3. The van der Waals surface area contributed by atoms with E-state index in [0.29, 0.717) is 38.4 Å². The molecule has 0 aliphatic carbocycles. The summed E-state index contributed by atoms with van der Waals surface area (Å²) in [5.41, 5.74) is 1.88. The zero-order valence-electron chi connectivity index (χ0n) is 20.3. The van der Waals surface area contributed by atoms with Gasteiger partial charge < -0.3 is 9.64 Å². The third-order valence-corrected chi connectivity index (χ3v) is 8.83. The van der Waals surface area contributed by atoms with Crippen LogP contribution < -0.4 is 9.64 Å². The standard InChI is InChI=1S/C25H29F3N4O3S/c1-24(19-7-9-31(10-8-19)23-4-3-20(15-30-23)25(26,27)28)14-18-13-21(29-16-22(18)35-24)17-5-11-32(12-6-17)36(2,33)34/h3-5,13,15-16,19H,6-12,14H2,1-2H3/t24-/m0/s1. The van der Waals surface area contributed by atoms with E-state index in [2.05, 4.69) is 23.0 Å². The fraction of sp³-hybridized carbons (Fsp3) is 0.520. The van der Waals surface area contributed by atoms with Crippen LogP contribution in [0.2, 0.25) is 0 Å². The fourth-order valence-electron chi connectivity index (χ4n) is 5.43. The molecule has 2 aromatic rings. The number of aromatic nitrogens is 2. The first-order chi connectivity index (χ1) is 16.9. The first kappa shape index (κ1) is 25.0. The first-order valence-corrected chi connectivity index (χ1v) is 13.9. The number of piperidine rings is 1. The van der Waals surface area contributed by atoms with E-state index < -0.39 is 21.8 Å². The molecule has 3 aliphatic heterocycles. The minimum absolute atomic E-state index is 0.288. The Kier molecular flexibility index (Phi) is 6.27. The van der Waals surface area contributed by atoms with Crippen LogP contribution in [0.3, 0.4) is 0 Å². The molecule has 0 amide bonds. The molecule has 194 valence electrons. The molecule has 1 saturated heterocycles. The van der Waals surface area contributed by atoms with Crippen molar-refractivity contribution in [1.29, 1.82) is 0 Å². The van der Waals surface area contributed by atoms with Crippen molar-refractivity contribution in [2.45, 2.75) is 44.4 Å². The van der Waals surface area contributed by atoms with Crippen LogP contribution in [0.25, 0.3) is 5.57 Å². The second kappa shape index (κ2) is 9.02. The molecule has 7 nitrogen and oxygen atoms in total. The van der Waals surface area contributed by atoms with Crippen LogP contribution in [-0.2, 0) is 22.6 Å². The molecule has 0 aromatic carbocycles. The van der Waals surface area contributed by atoms with Crippen molar-refractivity contribution in [3.05, 3.63) is 53.5 Å². The maximum absolute atomic E-state index is 12.8. The number of alkyl halides is 3. The second-order valence-electron chi connectivity index (χ2n) is 10.0. The normalized spacial score (nSPS) is 23.8. The van der Waals surface area contributed by atoms with Crippen molar-refractivity contribution in [3.63, 3.8) is 0 Å². The summed E-state index contributed by atoms with van der Waals surface area (Å²) in [6.45, 7) is 4.32. The zero-order chi connectivity index (χ0) is 25.7. The van der Waals surface area contributed by atoms with Crippen molar-refractivity contribution >= 4 is 21.4 Å². The van der Waals surface area contributed by atoms with Gasteiger partial charge in [-0.25, -0.2) is 13.4 Å². The Balaban J connectivity index is 1.22. The van der Waals surface area contributed by atoms with Gasteiger partial charge in [0.05, 0.1) is 23.7 Å². The highest BCUT2D eigenvalue weighted by Crippen LogP contribution is 2.43. The Bertz CT molecular complexity index is 1270. The van der Waals surface area contributed by atoms with E-state index in [1.165, 1.54) is 16.6 Å². The number of nitrogens with zero attached hydrogens (tertiary/aromatic N) is 4. The summed E-state index contributed by atoms with van der Waals surface area (Å²) in [6.07, 6.45) is 4.49. The molecule has 0 bridgehead atoms. The topological polar surface area (TPSA) is 75.6 Å². The second-order valence-corrected chi connectivity index (χ2v) is 12.0. The first-order valence-electron chi connectivity index (χ1n) is 12.0. The van der Waals surface area contributed by atoms with Gasteiger partial charge in [-0.05, 0) is 50.0 Å². The Hall–Kier alpha value is -2.66. The Morgan fingerprint density at radius 2 is 1.86 bits per heavy atom. The monoisotopic (exact) mass is 522 g/mol. The lowest BCUT2D eigenvalue weighted by atomic mass is 9.79. The highest BCUT2D eigenvalue weighted by Gasteiger charge is 2.43. The largest absolute Gasteiger partial charge is 0.485 e. The number of fused-ring (bicyclic) bond motifs is 1. The van der Waals surface area contributed by atoms with Crippen molar-refractivity contribution in [2.75, 3.05) is 37.3 Å². The quantitative estimate of drug-likeness (QED) is 0.601. The fourth-order valence-corrected chi connectivity index (χ4v) is 6.20. The molecule has 0 unspecified atom stereocenters. The van der Waals surface area contributed by atoms with Crippen LogP contribution in [0.4, 0.5) is 19.0 Å². The van der Waals surface area contributed by atoms with E-state index in [0.717, 1.165) is 54.1 Å². The van der Waals surface area contributed by atoms with Crippen LogP contribution in [-0.4, -0.2) is 60.7 Å². The number of pyridine rings is 2. The summed E-state index contributed by atoms with van der Waals surface area (Å²) in [4.78, 5) is 10.7. The smallest absolute Gasteiger partial charge is 0.417 e. The molecule has 2 aromatic heterocycles. The highest BCUT2D eigenvalue weighted by molar-refractivity contribution is 7.88. The van der Waals surface area contributed by atoms with E-state index in [1.807, 2.05) is 11.0 Å². The molecule has 0 radical (unpaired) electrons. The predicted octanol–water partition coefficient (Wildman–Crippen LogP) is 4.15. The highest BCUT2D eigenvalue weighted by atomic mass is 32.2. The SMILES string of the molecule is C[C@@]1(C2CCN(c3ccc(C(F)(F)F)cn3)CC2)Cc2cc(C3=CCN(S(C)(=O)=O)CC3)ncc2O1. The molecule has 5 rings (SSSR count). The lowest BCUT2D eigenvalue weighted by Gasteiger charge is -2.40. The average molecular weight is 523 g/mol. The van der Waals surface area contributed by atoms with Crippen LogP contribution in [0.15, 0.2) is 36.7 Å². The molecule has 36 heavy (non-hydrogen) atoms. The van der Waals surface area contributed by atoms with Crippen LogP contribution in [0, 0.1) is 5.92 Å². The lowest BCUT2D eigenvalue weighted by Crippen LogP contribution is -2.46. The van der Waals surface area contributed by atoms with E-state index in [1.54, 1.807) is 6.20 Å². The molecule has 0 spiro atoms. The van der Waals surface area contributed by atoms with Gasteiger partial charge in [-0.1, -0.05) is 6.08 Å². The van der Waals surface area contributed by atoms with Gasteiger partial charge in [-0.2, -0.15) is 17.5 Å². The Morgan fingerprint density at radius 3 is 2.44 bits per heavy atom. The number of sulfonamides is 1. The van der Waals surface area contributed by atoms with Gasteiger partial charge in [-0.15, -0.1) is 0 Å². The number of anilines is 1. The average Bonchev–Trinajstić information content (AvgIpc) is 3.20. The molecular weight excluding hydrogens is 493 g/mol. The van der Waals surface area contributed by atoms with E-state index in [4.69, 9.17) is 4.74 Å². The summed E-state index contributed by atoms with van der Waals surface area (Å²) < 4.78 is 69.9. The third kappa shape index (κ3) is 4.95. The van der Waals surface area contributed by atoms with Gasteiger partial charge in [0, 0.05) is 50.3 Å². The number of hydrogen-bond acceptors (Lipinski definition) is 6. The number of hydrogen-bond donors (Lipinski definition) is 0. The number of ether oxygens (including phenoxy) is 1. The van der Waals surface area contributed by atoms with Crippen molar-refractivity contribution in [2.24, 2.45) is 5.92 Å². The van der Waals surface area contributed by atoms with Crippen molar-refractivity contribution in [3.8, 4) is 5.75 Å². The van der Waals surface area contributed by atoms with Gasteiger partial charge in [0.25, 0.3) is 0 Å². The number of rotatable bonds is 4. The summed E-state index contributed by atoms with van der Waals surface area (Å²) in [6, 6.07) is 4.58. The minimum atomic E-state index is -4.39. The summed E-state index contributed by atoms with van der Waals surface area (Å²) >= 11 is 0. The minimum Gasteiger partial charge on any atom is -0.485 e. The van der Waals surface area contributed by atoms with Crippen LogP contribution >= 0.6 is 0 Å². The van der Waals surface area contributed by atoms with E-state index in [-0.39, 0.29) is 11.5 Å². The molecule has 1 atom stereocenters. The third-order valence-electron chi connectivity index (χ3n) is 7.56. The van der Waals surface area contributed by atoms with Gasteiger partial charge in [0.1, 0.15) is 17.2 Å². The van der Waals surface area contributed by atoms with Crippen molar-refractivity contribution < 1.29 is 26.3 Å². The summed E-state index contributed by atoms with van der Waals surface area (Å²) in [5, 5.41) is 0. The van der Waals surface area contributed by atoms with Gasteiger partial charge in [-0.3, -0.25) is 4.98 Å². The van der Waals surface area contributed by atoms with Gasteiger partial charge in [0.15, 0.2) is 0 Å². The van der Waals surface area contributed by atoms with Gasteiger partial charge in [0.2, 0.25) is 10.0 Å². The molecular formula is C25H29F3N4O3S. The molecule has 0 N–H and O–H groups in total. The maximum Gasteiger partial charge on any atom is 0.417 e. The lowest BCUT2D eigenvalue weighted by molar-refractivity contribution is -0.137. The van der Waals surface area contributed by atoms with Crippen molar-refractivity contribution in [1.82, 2.24) is 14.3 Å². The summed E-state index contributed by atoms with van der Waals surface area (Å²) in [7, 11) is -3.20. The van der Waals surface area contributed by atoms with Crippen LogP contribution in [0.5, 0.6) is 5.75 Å². The molecule has 5 heterocycles. The maximum atomic E-state index is 12.8. The van der Waals surface area contributed by atoms with Crippen LogP contribution in [0.1, 0.15) is 43.0 Å². The summed E-state index contributed by atoms with van der Waals surface area (Å²) in [5.74, 6) is 1.63. The molecule has 1 fully saturated rings. The molecule has 3 aliphatic rings. The zero-order valence-corrected chi connectivity index (χ0v) is 21.1. The van der Waals surface area contributed by atoms with Gasteiger partial charge >= 0.3 is 6.18 Å². The Morgan fingerprint density at radius 1 is 1.11 bits per heavy atom.